The van der Waals surface area contributed by atoms with Crippen LogP contribution in [0, 0.1) is 0 Å². The van der Waals surface area contributed by atoms with E-state index >= 15 is 0 Å². The minimum atomic E-state index is -0.106. The Morgan fingerprint density at radius 1 is 0.667 bits per heavy atom. The third-order valence-corrected chi connectivity index (χ3v) is 4.15. The Balaban J connectivity index is 1.85. The first-order valence-electron chi connectivity index (χ1n) is 7.94. The Bertz CT molecular complexity index is 873. The smallest absolute Gasteiger partial charge is 0.158 e. The molecule has 0 amide bonds. The lowest BCUT2D eigenvalue weighted by Crippen LogP contribution is -2.09. The van der Waals surface area contributed by atoms with Gasteiger partial charge in [0, 0.05) is 11.1 Å². The monoisotopic (exact) mass is 311 g/mol. The van der Waals surface area contributed by atoms with Gasteiger partial charge in [-0.2, -0.15) is 0 Å². The Kier molecular flexibility index (Phi) is 3.67. The number of hydrogen-bond donors (Lipinski definition) is 1. The van der Waals surface area contributed by atoms with Gasteiger partial charge < -0.3 is 5.73 Å². The van der Waals surface area contributed by atoms with E-state index in [-0.39, 0.29) is 6.04 Å². The molecule has 2 N–H and O–H groups in total. The molecule has 1 aliphatic rings. The molecule has 3 aromatic carbocycles. The molecular formula is C21H17N3. The van der Waals surface area contributed by atoms with Crippen LogP contribution < -0.4 is 5.73 Å². The van der Waals surface area contributed by atoms with Crippen LogP contribution in [-0.4, -0.2) is 11.7 Å². The van der Waals surface area contributed by atoms with Gasteiger partial charge >= 0.3 is 0 Å². The van der Waals surface area contributed by atoms with E-state index in [9.17, 15) is 0 Å². The molecule has 24 heavy (non-hydrogen) atoms. The van der Waals surface area contributed by atoms with Gasteiger partial charge in [0.1, 0.15) is 11.9 Å². The number of aliphatic imine (C=N–C) groups is 2. The molecule has 0 fully saturated rings. The third kappa shape index (κ3) is 2.61. The Labute approximate surface area is 141 Å². The van der Waals surface area contributed by atoms with Crippen LogP contribution >= 0.6 is 0 Å². The number of benzene rings is 3. The molecule has 0 spiro atoms. The summed E-state index contributed by atoms with van der Waals surface area (Å²) >= 11 is 0. The maximum Gasteiger partial charge on any atom is 0.158 e. The van der Waals surface area contributed by atoms with E-state index in [4.69, 9.17) is 10.7 Å². The van der Waals surface area contributed by atoms with Crippen LogP contribution in [0.15, 0.2) is 94.9 Å². The maximum absolute atomic E-state index is 6.06. The summed E-state index contributed by atoms with van der Waals surface area (Å²) in [5.41, 5.74) is 10.3. The molecule has 0 bridgehead atoms. The first-order valence-corrected chi connectivity index (χ1v) is 7.94. The fourth-order valence-corrected chi connectivity index (χ4v) is 2.97. The zero-order valence-corrected chi connectivity index (χ0v) is 13.1. The lowest BCUT2D eigenvalue weighted by atomic mass is 9.99. The number of nitrogens with two attached hydrogens (primary N) is 1. The van der Waals surface area contributed by atoms with Gasteiger partial charge in [0.25, 0.3) is 0 Å². The quantitative estimate of drug-likeness (QED) is 0.782. The Hall–Kier alpha value is -3.20. The molecule has 3 nitrogen and oxygen atoms in total. The van der Waals surface area contributed by atoms with Crippen molar-refractivity contribution in [3.8, 4) is 0 Å². The summed E-state index contributed by atoms with van der Waals surface area (Å²) in [6, 6.07) is 28.4. The lowest BCUT2D eigenvalue weighted by molar-refractivity contribution is 0.871. The highest BCUT2D eigenvalue weighted by Crippen LogP contribution is 2.28. The second-order valence-corrected chi connectivity index (χ2v) is 5.72. The topological polar surface area (TPSA) is 50.7 Å². The van der Waals surface area contributed by atoms with E-state index in [2.05, 4.69) is 29.3 Å². The fraction of sp³-hybridized carbons (Fsp3) is 0.0476. The van der Waals surface area contributed by atoms with Gasteiger partial charge in [-0.1, -0.05) is 84.9 Å². The van der Waals surface area contributed by atoms with Crippen molar-refractivity contribution in [2.24, 2.45) is 15.7 Å². The molecule has 0 aromatic heterocycles. The van der Waals surface area contributed by atoms with Crippen LogP contribution in [-0.2, 0) is 0 Å². The average Bonchev–Trinajstić information content (AvgIpc) is 2.97. The molecule has 3 heteroatoms. The van der Waals surface area contributed by atoms with Gasteiger partial charge in [0.15, 0.2) is 5.84 Å². The van der Waals surface area contributed by atoms with Crippen molar-refractivity contribution in [3.63, 3.8) is 0 Å². The van der Waals surface area contributed by atoms with Gasteiger partial charge in [-0.05, 0) is 11.1 Å². The number of nitrogens with zero attached hydrogens (tertiary/aromatic N) is 2. The van der Waals surface area contributed by atoms with Crippen LogP contribution in [0.25, 0.3) is 0 Å². The zero-order valence-electron chi connectivity index (χ0n) is 13.1. The van der Waals surface area contributed by atoms with Gasteiger partial charge in [-0.3, -0.25) is 4.99 Å². The van der Waals surface area contributed by atoms with E-state index in [0.717, 1.165) is 22.3 Å². The van der Waals surface area contributed by atoms with Crippen molar-refractivity contribution in [2.45, 2.75) is 6.04 Å². The maximum atomic E-state index is 6.06. The molecule has 1 heterocycles. The van der Waals surface area contributed by atoms with Crippen molar-refractivity contribution >= 4 is 11.7 Å². The van der Waals surface area contributed by atoms with E-state index in [1.54, 1.807) is 0 Å². The minimum absolute atomic E-state index is 0.106. The highest BCUT2D eigenvalue weighted by molar-refractivity contribution is 6.21. The summed E-state index contributed by atoms with van der Waals surface area (Å²) in [6.07, 6.45) is 0. The predicted molar refractivity (Wildman–Crippen MR) is 98.4 cm³/mol. The van der Waals surface area contributed by atoms with Crippen LogP contribution in [0.1, 0.15) is 28.3 Å². The van der Waals surface area contributed by atoms with E-state index in [1.807, 2.05) is 60.7 Å². The molecule has 0 saturated carbocycles. The first-order chi connectivity index (χ1) is 11.8. The summed E-state index contributed by atoms with van der Waals surface area (Å²) in [7, 11) is 0. The van der Waals surface area contributed by atoms with Crippen LogP contribution in [0.5, 0.6) is 0 Å². The highest BCUT2D eigenvalue weighted by atomic mass is 15.0. The highest BCUT2D eigenvalue weighted by Gasteiger charge is 2.21. The van der Waals surface area contributed by atoms with Gasteiger partial charge in [-0.25, -0.2) is 4.99 Å². The predicted octanol–water partition coefficient (Wildman–Crippen LogP) is 3.94. The van der Waals surface area contributed by atoms with Crippen molar-refractivity contribution in [1.29, 1.82) is 0 Å². The van der Waals surface area contributed by atoms with Gasteiger partial charge in [-0.15, -0.1) is 0 Å². The number of hydrogen-bond acceptors (Lipinski definition) is 2. The van der Waals surface area contributed by atoms with Gasteiger partial charge in [0.05, 0.1) is 0 Å². The number of rotatable bonds is 3. The molecular weight excluding hydrogens is 294 g/mol. The second kappa shape index (κ2) is 6.13. The normalized spacial score (nSPS) is 14.7. The molecule has 3 aromatic rings. The molecule has 0 saturated heterocycles. The van der Waals surface area contributed by atoms with E-state index < -0.39 is 0 Å². The summed E-state index contributed by atoms with van der Waals surface area (Å²) in [5, 5.41) is 0. The third-order valence-electron chi connectivity index (χ3n) is 4.15. The Morgan fingerprint density at radius 3 is 1.75 bits per heavy atom. The zero-order chi connectivity index (χ0) is 16.4. The van der Waals surface area contributed by atoms with Crippen LogP contribution in [0.4, 0.5) is 0 Å². The summed E-state index contributed by atoms with van der Waals surface area (Å²) in [5.74, 6) is 1.23. The first kappa shape index (κ1) is 14.4. The summed E-state index contributed by atoms with van der Waals surface area (Å²) in [6.45, 7) is 0. The molecule has 0 unspecified atom stereocenters. The van der Waals surface area contributed by atoms with E-state index in [1.165, 1.54) is 0 Å². The Morgan fingerprint density at radius 2 is 1.17 bits per heavy atom. The van der Waals surface area contributed by atoms with Crippen molar-refractivity contribution < 1.29 is 0 Å². The van der Waals surface area contributed by atoms with Crippen molar-refractivity contribution in [2.75, 3.05) is 0 Å². The lowest BCUT2D eigenvalue weighted by Gasteiger charge is -2.14. The standard InChI is InChI=1S/C21H17N3/c22-20-17-13-7-8-14-18(17)21(24-20)23-19(15-9-3-1-4-10-15)16-11-5-2-6-12-16/h1-14,19H,(H2,22,23,24). The molecule has 0 radical (unpaired) electrons. The summed E-state index contributed by atoms with van der Waals surface area (Å²) < 4.78 is 0. The summed E-state index contributed by atoms with van der Waals surface area (Å²) in [4.78, 5) is 9.45. The average molecular weight is 311 g/mol. The largest absolute Gasteiger partial charge is 0.383 e. The van der Waals surface area contributed by atoms with Gasteiger partial charge in [0.2, 0.25) is 0 Å². The minimum Gasteiger partial charge on any atom is -0.383 e. The van der Waals surface area contributed by atoms with Crippen molar-refractivity contribution in [3.05, 3.63) is 107 Å². The van der Waals surface area contributed by atoms with Crippen molar-refractivity contribution in [1.82, 2.24) is 0 Å². The second-order valence-electron chi connectivity index (χ2n) is 5.72. The molecule has 116 valence electrons. The van der Waals surface area contributed by atoms with E-state index in [0.29, 0.717) is 11.7 Å². The SMILES string of the molecule is NC1=NC(=NC(c2ccccc2)c2ccccc2)c2ccccc21. The molecule has 0 aliphatic carbocycles. The van der Waals surface area contributed by atoms with Crippen LogP contribution in [0.2, 0.25) is 0 Å². The van der Waals surface area contributed by atoms with Crippen LogP contribution in [0.3, 0.4) is 0 Å². The molecule has 1 aliphatic heterocycles. The number of fused-ring (bicyclic) bond motifs is 1. The molecule has 4 rings (SSSR count). The number of amidine groups is 2. The fourth-order valence-electron chi connectivity index (χ4n) is 2.97. The molecule has 0 atom stereocenters.